The van der Waals surface area contributed by atoms with E-state index in [2.05, 4.69) is 0 Å². The summed E-state index contributed by atoms with van der Waals surface area (Å²) < 4.78 is 5.07. The predicted octanol–water partition coefficient (Wildman–Crippen LogP) is 4.43. The molecule has 0 aliphatic heterocycles. The van der Waals surface area contributed by atoms with Crippen molar-refractivity contribution in [3.05, 3.63) is 90.0 Å². The van der Waals surface area contributed by atoms with Gasteiger partial charge in [0.2, 0.25) is 11.6 Å². The second-order valence-corrected chi connectivity index (χ2v) is 5.30. The maximum absolute atomic E-state index is 12.7. The number of ketones is 2. The zero-order valence-corrected chi connectivity index (χ0v) is 13.2. The zero-order valence-electron chi connectivity index (χ0n) is 13.2. The van der Waals surface area contributed by atoms with Crippen molar-refractivity contribution >= 4 is 11.6 Å². The molecule has 0 aliphatic carbocycles. The third kappa shape index (κ3) is 3.10. The number of carbonyl (C=O) groups excluding carboxylic acids is 2. The van der Waals surface area contributed by atoms with E-state index in [1.54, 1.807) is 43.5 Å². The lowest BCUT2D eigenvalue weighted by Gasteiger charge is -2.08. The highest BCUT2D eigenvalue weighted by molar-refractivity contribution is 6.50. The first-order valence-corrected chi connectivity index (χ1v) is 7.58. The van der Waals surface area contributed by atoms with Gasteiger partial charge in [0.25, 0.3) is 0 Å². The van der Waals surface area contributed by atoms with Gasteiger partial charge in [0.05, 0.1) is 7.11 Å². The Labute approximate surface area is 140 Å². The number of Topliss-reactive ketones (excluding diaryl/α,β-unsaturated/α-hetero) is 2. The summed E-state index contributed by atoms with van der Waals surface area (Å²) in [4.78, 5) is 25.3. The summed E-state index contributed by atoms with van der Waals surface area (Å²) in [7, 11) is 1.55. The van der Waals surface area contributed by atoms with Gasteiger partial charge in [-0.25, -0.2) is 0 Å². The maximum atomic E-state index is 12.7. The summed E-state index contributed by atoms with van der Waals surface area (Å²) in [6.07, 6.45) is 0. The largest absolute Gasteiger partial charge is 0.497 e. The maximum Gasteiger partial charge on any atom is 0.234 e. The van der Waals surface area contributed by atoms with Gasteiger partial charge in [-0.15, -0.1) is 0 Å². The van der Waals surface area contributed by atoms with Crippen LogP contribution in [0, 0.1) is 0 Å². The van der Waals surface area contributed by atoms with Crippen LogP contribution in [0.3, 0.4) is 0 Å². The molecule has 0 heterocycles. The molecule has 0 aliphatic rings. The molecule has 3 heteroatoms. The van der Waals surface area contributed by atoms with Gasteiger partial charge in [-0.1, -0.05) is 54.6 Å². The monoisotopic (exact) mass is 316 g/mol. The third-order valence-corrected chi connectivity index (χ3v) is 3.81. The van der Waals surface area contributed by atoms with E-state index < -0.39 is 11.6 Å². The van der Waals surface area contributed by atoms with Gasteiger partial charge in [0.1, 0.15) is 5.75 Å². The van der Waals surface area contributed by atoms with E-state index in [9.17, 15) is 9.59 Å². The normalized spacial score (nSPS) is 10.2. The Kier molecular flexibility index (Phi) is 4.52. The van der Waals surface area contributed by atoms with Crippen LogP contribution in [0.1, 0.15) is 20.7 Å². The van der Waals surface area contributed by atoms with Crippen LogP contribution in [0.4, 0.5) is 0 Å². The number of hydrogen-bond donors (Lipinski definition) is 0. The van der Waals surface area contributed by atoms with Crippen LogP contribution in [0.5, 0.6) is 5.75 Å². The Morgan fingerprint density at radius 1 is 0.708 bits per heavy atom. The molecule has 0 unspecified atom stereocenters. The summed E-state index contributed by atoms with van der Waals surface area (Å²) in [5.74, 6) is -0.399. The molecule has 0 saturated heterocycles. The first kappa shape index (κ1) is 15.7. The molecule has 3 rings (SSSR count). The van der Waals surface area contributed by atoms with Crippen molar-refractivity contribution in [3.8, 4) is 16.9 Å². The van der Waals surface area contributed by atoms with E-state index in [-0.39, 0.29) is 0 Å². The van der Waals surface area contributed by atoms with Crippen molar-refractivity contribution in [3.63, 3.8) is 0 Å². The summed E-state index contributed by atoms with van der Waals surface area (Å²) in [5.41, 5.74) is 2.42. The van der Waals surface area contributed by atoms with Crippen LogP contribution < -0.4 is 4.74 Å². The molecule has 0 bridgehead atoms. The van der Waals surface area contributed by atoms with Crippen molar-refractivity contribution < 1.29 is 14.3 Å². The molecule has 3 aromatic rings. The van der Waals surface area contributed by atoms with E-state index in [4.69, 9.17) is 4.74 Å². The fourth-order valence-electron chi connectivity index (χ4n) is 2.55. The molecule has 0 fully saturated rings. The molecule has 3 aromatic carbocycles. The minimum atomic E-state index is -0.527. The Hall–Kier alpha value is -3.20. The van der Waals surface area contributed by atoms with E-state index in [1.807, 2.05) is 42.5 Å². The van der Waals surface area contributed by atoms with Gasteiger partial charge in [0.15, 0.2) is 0 Å². The third-order valence-electron chi connectivity index (χ3n) is 3.81. The molecule has 0 N–H and O–H groups in total. The Bertz CT molecular complexity index is 865. The molecular formula is C21H16O3. The Balaban J connectivity index is 1.97. The molecule has 0 aromatic heterocycles. The summed E-state index contributed by atoms with van der Waals surface area (Å²) in [6, 6.07) is 23.3. The summed E-state index contributed by atoms with van der Waals surface area (Å²) in [5, 5.41) is 0. The highest BCUT2D eigenvalue weighted by Gasteiger charge is 2.21. The molecule has 0 spiro atoms. The number of ether oxygens (including phenoxy) is 1. The quantitative estimate of drug-likeness (QED) is 0.516. The average Bonchev–Trinajstić information content (AvgIpc) is 2.67. The fraction of sp³-hybridized carbons (Fsp3) is 0.0476. The average molecular weight is 316 g/mol. The second-order valence-electron chi connectivity index (χ2n) is 5.30. The molecule has 3 nitrogen and oxygen atoms in total. The molecule has 24 heavy (non-hydrogen) atoms. The number of benzene rings is 3. The highest BCUT2D eigenvalue weighted by atomic mass is 16.5. The molecule has 0 atom stereocenters. The molecule has 0 amide bonds. The summed E-state index contributed by atoms with van der Waals surface area (Å²) >= 11 is 0. The minimum Gasteiger partial charge on any atom is -0.497 e. The van der Waals surface area contributed by atoms with Gasteiger partial charge in [-0.05, 0) is 35.4 Å². The van der Waals surface area contributed by atoms with E-state index >= 15 is 0 Å². The van der Waals surface area contributed by atoms with Crippen LogP contribution in [0.25, 0.3) is 11.1 Å². The van der Waals surface area contributed by atoms with Crippen molar-refractivity contribution in [2.45, 2.75) is 0 Å². The lowest BCUT2D eigenvalue weighted by molar-refractivity contribution is 0.0817. The van der Waals surface area contributed by atoms with Gasteiger partial charge in [0, 0.05) is 11.1 Å². The van der Waals surface area contributed by atoms with Crippen molar-refractivity contribution in [1.82, 2.24) is 0 Å². The van der Waals surface area contributed by atoms with Crippen LogP contribution in [0.15, 0.2) is 78.9 Å². The number of methoxy groups -OCH3 is 1. The van der Waals surface area contributed by atoms with Crippen LogP contribution in [0.2, 0.25) is 0 Å². The Morgan fingerprint density at radius 2 is 1.33 bits per heavy atom. The first-order valence-electron chi connectivity index (χ1n) is 7.58. The van der Waals surface area contributed by atoms with Crippen molar-refractivity contribution in [2.24, 2.45) is 0 Å². The molecule has 118 valence electrons. The van der Waals surface area contributed by atoms with Gasteiger partial charge in [-0.3, -0.25) is 9.59 Å². The van der Waals surface area contributed by atoms with Crippen LogP contribution >= 0.6 is 0 Å². The number of rotatable bonds is 5. The molecule has 0 radical (unpaired) electrons. The van der Waals surface area contributed by atoms with Gasteiger partial charge < -0.3 is 4.74 Å². The smallest absolute Gasteiger partial charge is 0.234 e. The van der Waals surface area contributed by atoms with E-state index in [0.29, 0.717) is 16.9 Å². The minimum absolute atomic E-state index is 0.351. The topological polar surface area (TPSA) is 43.4 Å². The van der Waals surface area contributed by atoms with Gasteiger partial charge >= 0.3 is 0 Å². The van der Waals surface area contributed by atoms with E-state index in [1.165, 1.54) is 0 Å². The number of carbonyl (C=O) groups is 2. The predicted molar refractivity (Wildman–Crippen MR) is 93.5 cm³/mol. The fourth-order valence-corrected chi connectivity index (χ4v) is 2.55. The SMILES string of the molecule is COc1ccc(C(=O)C(=O)c2ccccc2-c2ccccc2)cc1. The standard InChI is InChI=1S/C21H16O3/c1-24-17-13-11-16(12-14-17)20(22)21(23)19-10-6-5-9-18(19)15-7-3-2-4-8-15/h2-14H,1H3. The van der Waals surface area contributed by atoms with Crippen LogP contribution in [-0.4, -0.2) is 18.7 Å². The van der Waals surface area contributed by atoms with Crippen molar-refractivity contribution in [2.75, 3.05) is 7.11 Å². The number of hydrogen-bond acceptors (Lipinski definition) is 3. The zero-order chi connectivity index (χ0) is 16.9. The second kappa shape index (κ2) is 6.92. The molecule has 0 saturated carbocycles. The lowest BCUT2D eigenvalue weighted by Crippen LogP contribution is -2.15. The first-order chi connectivity index (χ1) is 11.7. The highest BCUT2D eigenvalue weighted by Crippen LogP contribution is 2.25. The van der Waals surface area contributed by atoms with Gasteiger partial charge in [-0.2, -0.15) is 0 Å². The van der Waals surface area contributed by atoms with Crippen molar-refractivity contribution in [1.29, 1.82) is 0 Å². The molecular weight excluding hydrogens is 300 g/mol. The van der Waals surface area contributed by atoms with E-state index in [0.717, 1.165) is 11.1 Å². The lowest BCUT2D eigenvalue weighted by atomic mass is 9.93. The van der Waals surface area contributed by atoms with Crippen LogP contribution in [-0.2, 0) is 0 Å². The Morgan fingerprint density at radius 3 is 2.00 bits per heavy atom. The summed E-state index contributed by atoms with van der Waals surface area (Å²) in [6.45, 7) is 0.